The van der Waals surface area contributed by atoms with Crippen molar-refractivity contribution in [2.24, 2.45) is 0 Å². The molecule has 0 bridgehead atoms. The molecule has 0 unspecified atom stereocenters. The van der Waals surface area contributed by atoms with Crippen molar-refractivity contribution in [1.29, 1.82) is 0 Å². The predicted molar refractivity (Wildman–Crippen MR) is 130 cm³/mol. The van der Waals surface area contributed by atoms with Gasteiger partial charge in [0, 0.05) is 48.4 Å². The number of anilines is 1. The van der Waals surface area contributed by atoms with Crippen LogP contribution in [0.1, 0.15) is 41.2 Å². The molecular formula is C23H25F3N6O3S. The number of esters is 1. The Morgan fingerprint density at radius 2 is 1.89 bits per heavy atom. The van der Waals surface area contributed by atoms with Crippen molar-refractivity contribution in [2.45, 2.75) is 33.0 Å². The second-order valence-electron chi connectivity index (χ2n) is 7.52. The smallest absolute Gasteiger partial charge is 0.434 e. The molecule has 192 valence electrons. The quantitative estimate of drug-likeness (QED) is 0.275. The van der Waals surface area contributed by atoms with Gasteiger partial charge >= 0.3 is 18.2 Å². The first kappa shape index (κ1) is 27.0. The van der Waals surface area contributed by atoms with E-state index in [1.165, 1.54) is 37.8 Å². The third-order valence-corrected chi connectivity index (χ3v) is 5.95. The number of alkyl halides is 3. The van der Waals surface area contributed by atoms with E-state index in [0.29, 0.717) is 24.2 Å². The normalized spacial score (nSPS) is 11.3. The first-order chi connectivity index (χ1) is 17.2. The zero-order valence-electron chi connectivity index (χ0n) is 19.8. The minimum atomic E-state index is -4.65. The molecule has 0 radical (unpaired) electrons. The zero-order chi connectivity index (χ0) is 26.3. The number of carbonyl (C=O) groups excluding carboxylic acids is 2. The van der Waals surface area contributed by atoms with Crippen molar-refractivity contribution in [3.05, 3.63) is 46.9 Å². The Labute approximate surface area is 209 Å². The number of thiazole rings is 1. The van der Waals surface area contributed by atoms with Crippen molar-refractivity contribution in [3.8, 4) is 21.7 Å². The van der Waals surface area contributed by atoms with Crippen LogP contribution >= 0.6 is 11.3 Å². The number of halogens is 3. The second kappa shape index (κ2) is 11.9. The number of amides is 2. The molecule has 3 aromatic rings. The first-order valence-corrected chi connectivity index (χ1v) is 11.9. The third kappa shape index (κ3) is 6.55. The fourth-order valence-corrected chi connectivity index (χ4v) is 4.34. The summed E-state index contributed by atoms with van der Waals surface area (Å²) in [6, 6.07) is 2.42. The Balaban J connectivity index is 2.16. The summed E-state index contributed by atoms with van der Waals surface area (Å²) in [6.45, 7) is 4.59. The van der Waals surface area contributed by atoms with E-state index in [0.717, 1.165) is 17.8 Å². The minimum absolute atomic E-state index is 0.00413. The molecule has 36 heavy (non-hydrogen) atoms. The molecule has 3 rings (SSSR count). The molecule has 0 aliphatic heterocycles. The summed E-state index contributed by atoms with van der Waals surface area (Å²) in [4.78, 5) is 36.3. The van der Waals surface area contributed by atoms with Crippen LogP contribution in [0.15, 0.2) is 30.7 Å². The summed E-state index contributed by atoms with van der Waals surface area (Å²) < 4.78 is 46.2. The highest BCUT2D eigenvalue weighted by atomic mass is 32.1. The number of pyridine rings is 2. The van der Waals surface area contributed by atoms with Gasteiger partial charge in [0.05, 0.1) is 17.6 Å². The average molecular weight is 523 g/mol. The van der Waals surface area contributed by atoms with E-state index in [1.807, 2.05) is 6.92 Å². The lowest BCUT2D eigenvalue weighted by molar-refractivity contribution is -0.141. The van der Waals surface area contributed by atoms with Crippen molar-refractivity contribution in [3.63, 3.8) is 0 Å². The maximum absolute atomic E-state index is 13.8. The zero-order valence-corrected chi connectivity index (χ0v) is 20.6. The molecule has 0 spiro atoms. The maximum atomic E-state index is 13.8. The van der Waals surface area contributed by atoms with Gasteiger partial charge < -0.3 is 15.4 Å². The van der Waals surface area contributed by atoms with E-state index < -0.39 is 23.9 Å². The number of urea groups is 1. The second-order valence-corrected chi connectivity index (χ2v) is 8.60. The van der Waals surface area contributed by atoms with E-state index in [-0.39, 0.29) is 33.4 Å². The summed E-state index contributed by atoms with van der Waals surface area (Å²) in [6.07, 6.45) is 0.264. The van der Waals surface area contributed by atoms with Crippen LogP contribution in [-0.2, 0) is 17.5 Å². The largest absolute Gasteiger partial charge is 0.465 e. The topological polar surface area (TPSA) is 118 Å². The number of hydrogen-bond acceptors (Lipinski definition) is 8. The van der Waals surface area contributed by atoms with Gasteiger partial charge in [-0.25, -0.2) is 19.6 Å². The molecule has 0 fully saturated rings. The van der Waals surface area contributed by atoms with Gasteiger partial charge in [-0.2, -0.15) is 13.2 Å². The molecule has 0 aromatic carbocycles. The first-order valence-electron chi connectivity index (χ1n) is 11.0. The van der Waals surface area contributed by atoms with E-state index in [2.05, 4.69) is 30.9 Å². The van der Waals surface area contributed by atoms with Crippen LogP contribution in [0.3, 0.4) is 0 Å². The molecular weight excluding hydrogens is 497 g/mol. The van der Waals surface area contributed by atoms with Crippen molar-refractivity contribution < 1.29 is 27.5 Å². The van der Waals surface area contributed by atoms with Crippen LogP contribution in [0.5, 0.6) is 0 Å². The standard InChI is InChI=1S/C23H25F3N6O3S/c1-4-6-27-12-17-19(23(24,25)26)32-20(36-17)15-8-18(31-22(34)29-5-2)30-11-16(15)13-7-14(10-28-9-13)21(33)35-3/h7-11,27H,4-6,12H2,1-3H3,(H2,29,30,31,34). The molecule has 3 heterocycles. The fraction of sp³-hybridized carbons (Fsp3) is 0.348. The number of ether oxygens (including phenoxy) is 1. The molecule has 13 heteroatoms. The van der Waals surface area contributed by atoms with Gasteiger partial charge in [-0.05, 0) is 32.0 Å². The number of aromatic nitrogens is 3. The number of hydrogen-bond donors (Lipinski definition) is 3. The summed E-state index contributed by atoms with van der Waals surface area (Å²) in [5, 5.41) is 8.18. The molecule has 0 atom stereocenters. The van der Waals surface area contributed by atoms with Crippen LogP contribution < -0.4 is 16.0 Å². The molecule has 3 N–H and O–H groups in total. The van der Waals surface area contributed by atoms with Crippen LogP contribution in [-0.4, -0.2) is 47.2 Å². The molecule has 0 aliphatic rings. The van der Waals surface area contributed by atoms with Crippen molar-refractivity contribution >= 4 is 29.2 Å². The van der Waals surface area contributed by atoms with Gasteiger partial charge in [0.25, 0.3) is 0 Å². The molecule has 3 aromatic heterocycles. The Kier molecular flexibility index (Phi) is 8.93. The average Bonchev–Trinajstić information content (AvgIpc) is 3.29. The number of methoxy groups -OCH3 is 1. The third-order valence-electron chi connectivity index (χ3n) is 4.86. The van der Waals surface area contributed by atoms with Crippen LogP contribution in [0.4, 0.5) is 23.8 Å². The Morgan fingerprint density at radius 3 is 2.56 bits per heavy atom. The van der Waals surface area contributed by atoms with Gasteiger partial charge in [0.15, 0.2) is 5.69 Å². The van der Waals surface area contributed by atoms with Gasteiger partial charge in [0.1, 0.15) is 10.8 Å². The van der Waals surface area contributed by atoms with Gasteiger partial charge in [-0.1, -0.05) is 6.92 Å². The van der Waals surface area contributed by atoms with Crippen molar-refractivity contribution in [1.82, 2.24) is 25.6 Å². The lowest BCUT2D eigenvalue weighted by atomic mass is 10.0. The van der Waals surface area contributed by atoms with Gasteiger partial charge in [-0.3, -0.25) is 10.3 Å². The lowest BCUT2D eigenvalue weighted by Gasteiger charge is -2.11. The summed E-state index contributed by atoms with van der Waals surface area (Å²) >= 11 is 0.890. The molecule has 0 saturated carbocycles. The molecule has 2 amide bonds. The minimum Gasteiger partial charge on any atom is -0.465 e. The van der Waals surface area contributed by atoms with E-state index >= 15 is 0 Å². The van der Waals surface area contributed by atoms with E-state index in [9.17, 15) is 22.8 Å². The Bertz CT molecular complexity index is 1230. The summed E-state index contributed by atoms with van der Waals surface area (Å²) in [5.41, 5.74) is 0.265. The fourth-order valence-electron chi connectivity index (χ4n) is 3.26. The van der Waals surface area contributed by atoms with E-state index in [1.54, 1.807) is 6.92 Å². The van der Waals surface area contributed by atoms with Crippen LogP contribution in [0.2, 0.25) is 0 Å². The van der Waals surface area contributed by atoms with Gasteiger partial charge in [0.2, 0.25) is 0 Å². The highest BCUT2D eigenvalue weighted by Crippen LogP contribution is 2.41. The van der Waals surface area contributed by atoms with Crippen LogP contribution in [0.25, 0.3) is 21.7 Å². The van der Waals surface area contributed by atoms with Crippen molar-refractivity contribution in [2.75, 3.05) is 25.5 Å². The highest BCUT2D eigenvalue weighted by Gasteiger charge is 2.37. The number of nitrogens with zero attached hydrogens (tertiary/aromatic N) is 3. The number of carbonyl (C=O) groups is 2. The lowest BCUT2D eigenvalue weighted by Crippen LogP contribution is -2.28. The number of nitrogens with one attached hydrogen (secondary N) is 3. The maximum Gasteiger partial charge on any atom is 0.434 e. The highest BCUT2D eigenvalue weighted by molar-refractivity contribution is 7.15. The molecule has 9 nitrogen and oxygen atoms in total. The number of rotatable bonds is 9. The summed E-state index contributed by atoms with van der Waals surface area (Å²) in [7, 11) is 1.23. The summed E-state index contributed by atoms with van der Waals surface area (Å²) in [5.74, 6) is -0.502. The van der Waals surface area contributed by atoms with Gasteiger partial charge in [-0.15, -0.1) is 11.3 Å². The van der Waals surface area contributed by atoms with Crippen LogP contribution in [0, 0.1) is 0 Å². The molecule has 0 saturated heterocycles. The Morgan fingerprint density at radius 1 is 1.11 bits per heavy atom. The monoisotopic (exact) mass is 522 g/mol. The Hall–Kier alpha value is -3.58. The SMILES string of the molecule is CCCNCc1sc(-c2cc(NC(=O)NCC)ncc2-c2cncc(C(=O)OC)c2)nc1C(F)(F)F. The molecule has 0 aliphatic carbocycles. The van der Waals surface area contributed by atoms with E-state index in [4.69, 9.17) is 4.74 Å². The predicted octanol–water partition coefficient (Wildman–Crippen LogP) is 4.71.